The van der Waals surface area contributed by atoms with Gasteiger partial charge in [-0.05, 0) is 37.3 Å². The normalized spacial score (nSPS) is 14.2. The van der Waals surface area contributed by atoms with Crippen LogP contribution in [0.25, 0.3) is 0 Å². The molecule has 0 spiro atoms. The zero-order valence-electron chi connectivity index (χ0n) is 10.1. The average Bonchev–Trinajstić information content (AvgIpc) is 2.35. The van der Waals surface area contributed by atoms with Crippen LogP contribution in [0.4, 0.5) is 5.82 Å². The molecule has 0 saturated heterocycles. The fourth-order valence-electron chi connectivity index (χ4n) is 2.16. The quantitative estimate of drug-likeness (QED) is 0.864. The van der Waals surface area contributed by atoms with E-state index < -0.39 is 5.97 Å². The predicted molar refractivity (Wildman–Crippen MR) is 66.4 cm³/mol. The van der Waals surface area contributed by atoms with Crippen LogP contribution in [0, 0.1) is 0 Å². The van der Waals surface area contributed by atoms with Gasteiger partial charge in [0.1, 0.15) is 5.82 Å². The number of pyridine rings is 1. The maximum absolute atomic E-state index is 10.5. The molecule has 0 unspecified atom stereocenters. The van der Waals surface area contributed by atoms with E-state index in [4.69, 9.17) is 5.11 Å². The van der Waals surface area contributed by atoms with Crippen LogP contribution in [0.3, 0.4) is 0 Å². The number of aliphatic carboxylic acids is 1. The molecule has 4 heteroatoms. The number of carbonyl (C=O) groups is 1. The Morgan fingerprint density at radius 2 is 2.18 bits per heavy atom. The van der Waals surface area contributed by atoms with E-state index >= 15 is 0 Å². The highest BCUT2D eigenvalue weighted by Crippen LogP contribution is 2.22. The van der Waals surface area contributed by atoms with Gasteiger partial charge in [0.2, 0.25) is 0 Å². The third-order valence-corrected chi connectivity index (χ3v) is 3.22. The lowest BCUT2D eigenvalue weighted by Gasteiger charge is -2.21. The summed E-state index contributed by atoms with van der Waals surface area (Å²) < 4.78 is 0. The van der Waals surface area contributed by atoms with Crippen LogP contribution in [0.1, 0.15) is 30.5 Å². The number of carboxylic acids is 1. The van der Waals surface area contributed by atoms with Crippen molar-refractivity contribution in [3.05, 3.63) is 23.4 Å². The Balaban J connectivity index is 2.08. The number of rotatable bonds is 4. The molecule has 0 amide bonds. The molecule has 0 atom stereocenters. The van der Waals surface area contributed by atoms with Gasteiger partial charge >= 0.3 is 5.97 Å². The van der Waals surface area contributed by atoms with E-state index in [9.17, 15) is 4.79 Å². The van der Waals surface area contributed by atoms with Gasteiger partial charge in [-0.15, -0.1) is 0 Å². The second-order valence-corrected chi connectivity index (χ2v) is 4.55. The first kappa shape index (κ1) is 11.9. The van der Waals surface area contributed by atoms with Gasteiger partial charge < -0.3 is 10.0 Å². The van der Waals surface area contributed by atoms with Crippen molar-refractivity contribution >= 4 is 11.8 Å². The van der Waals surface area contributed by atoms with Gasteiger partial charge in [-0.1, -0.05) is 6.07 Å². The molecule has 1 heterocycles. The molecule has 0 saturated carbocycles. The standard InChI is InChI=1S/C13H18N2O2/c1-15(9-8-13(16)17)12-7-6-10-4-2-3-5-11(10)14-12/h6-7H,2-5,8-9H2,1H3,(H,16,17). The van der Waals surface area contributed by atoms with Gasteiger partial charge in [0.15, 0.2) is 0 Å². The minimum atomic E-state index is -0.769. The van der Waals surface area contributed by atoms with Crippen LogP contribution in [-0.2, 0) is 17.6 Å². The zero-order chi connectivity index (χ0) is 12.3. The molecule has 1 aromatic heterocycles. The monoisotopic (exact) mass is 234 g/mol. The lowest BCUT2D eigenvalue weighted by molar-refractivity contribution is -0.136. The minimum Gasteiger partial charge on any atom is -0.481 e. The molecule has 0 fully saturated rings. The van der Waals surface area contributed by atoms with Crippen LogP contribution in [0.2, 0.25) is 0 Å². The molecule has 1 N–H and O–H groups in total. The third-order valence-electron chi connectivity index (χ3n) is 3.22. The number of anilines is 1. The molecule has 1 aromatic rings. The maximum atomic E-state index is 10.5. The van der Waals surface area contributed by atoms with E-state index in [1.165, 1.54) is 24.1 Å². The maximum Gasteiger partial charge on any atom is 0.305 e. The summed E-state index contributed by atoms with van der Waals surface area (Å²) in [6.07, 6.45) is 4.79. The number of aryl methyl sites for hydroxylation is 2. The summed E-state index contributed by atoms with van der Waals surface area (Å²) in [7, 11) is 1.89. The second-order valence-electron chi connectivity index (χ2n) is 4.55. The fourth-order valence-corrected chi connectivity index (χ4v) is 2.16. The molecule has 17 heavy (non-hydrogen) atoms. The number of fused-ring (bicyclic) bond motifs is 1. The van der Waals surface area contributed by atoms with Crippen molar-refractivity contribution in [3.8, 4) is 0 Å². The van der Waals surface area contributed by atoms with Crippen LogP contribution in [0.5, 0.6) is 0 Å². The Bertz CT molecular complexity index is 418. The summed E-state index contributed by atoms with van der Waals surface area (Å²) in [6, 6.07) is 4.13. The Hall–Kier alpha value is -1.58. The predicted octanol–water partition coefficient (Wildman–Crippen LogP) is 1.87. The molecule has 4 nitrogen and oxygen atoms in total. The van der Waals surface area contributed by atoms with E-state index in [1.807, 2.05) is 18.0 Å². The van der Waals surface area contributed by atoms with E-state index in [2.05, 4.69) is 11.1 Å². The van der Waals surface area contributed by atoms with Gasteiger partial charge in [-0.25, -0.2) is 4.98 Å². The molecule has 0 bridgehead atoms. The molecule has 92 valence electrons. The van der Waals surface area contributed by atoms with E-state index in [1.54, 1.807) is 0 Å². The van der Waals surface area contributed by atoms with Crippen molar-refractivity contribution in [1.29, 1.82) is 0 Å². The summed E-state index contributed by atoms with van der Waals surface area (Å²) in [5, 5.41) is 8.65. The molecule has 0 aliphatic heterocycles. The fraction of sp³-hybridized carbons (Fsp3) is 0.538. The minimum absolute atomic E-state index is 0.148. The first-order valence-electron chi connectivity index (χ1n) is 6.08. The molecule has 2 rings (SSSR count). The highest BCUT2D eigenvalue weighted by Gasteiger charge is 2.12. The Labute approximate surface area is 101 Å². The van der Waals surface area contributed by atoms with E-state index in [-0.39, 0.29) is 6.42 Å². The summed E-state index contributed by atoms with van der Waals surface area (Å²) in [6.45, 7) is 0.501. The van der Waals surface area contributed by atoms with E-state index in [0.717, 1.165) is 18.7 Å². The largest absolute Gasteiger partial charge is 0.481 e. The third kappa shape index (κ3) is 2.96. The van der Waals surface area contributed by atoms with Gasteiger partial charge in [0, 0.05) is 19.3 Å². The molecule has 1 aliphatic rings. The average molecular weight is 234 g/mol. The molecular weight excluding hydrogens is 216 g/mol. The first-order valence-corrected chi connectivity index (χ1v) is 6.08. The van der Waals surface area contributed by atoms with Crippen molar-refractivity contribution in [3.63, 3.8) is 0 Å². The van der Waals surface area contributed by atoms with Crippen molar-refractivity contribution in [2.24, 2.45) is 0 Å². The second kappa shape index (κ2) is 5.17. The SMILES string of the molecule is CN(CCC(=O)O)c1ccc2c(n1)CCCC2. The summed E-state index contributed by atoms with van der Waals surface area (Å²) >= 11 is 0. The number of nitrogens with zero attached hydrogens (tertiary/aromatic N) is 2. The smallest absolute Gasteiger partial charge is 0.305 e. The Kier molecular flexibility index (Phi) is 3.61. The topological polar surface area (TPSA) is 53.4 Å². The van der Waals surface area contributed by atoms with Gasteiger partial charge in [0.05, 0.1) is 6.42 Å². The zero-order valence-corrected chi connectivity index (χ0v) is 10.1. The number of carboxylic acid groups (broad SMARTS) is 1. The molecule has 0 radical (unpaired) electrons. The van der Waals surface area contributed by atoms with Gasteiger partial charge in [-0.2, -0.15) is 0 Å². The van der Waals surface area contributed by atoms with Crippen LogP contribution >= 0.6 is 0 Å². The Morgan fingerprint density at radius 3 is 2.94 bits per heavy atom. The number of aromatic nitrogens is 1. The molecule has 0 aromatic carbocycles. The highest BCUT2D eigenvalue weighted by atomic mass is 16.4. The lowest BCUT2D eigenvalue weighted by atomic mass is 9.96. The van der Waals surface area contributed by atoms with Crippen LogP contribution in [-0.4, -0.2) is 29.7 Å². The van der Waals surface area contributed by atoms with Crippen LogP contribution in [0.15, 0.2) is 12.1 Å². The summed E-state index contributed by atoms with van der Waals surface area (Å²) in [5.74, 6) is 0.113. The summed E-state index contributed by atoms with van der Waals surface area (Å²) in [5.41, 5.74) is 2.54. The molecular formula is C13H18N2O2. The van der Waals surface area contributed by atoms with Gasteiger partial charge in [-0.3, -0.25) is 4.79 Å². The number of hydrogen-bond acceptors (Lipinski definition) is 3. The molecule has 1 aliphatic carbocycles. The van der Waals surface area contributed by atoms with Crippen LogP contribution < -0.4 is 4.90 Å². The Morgan fingerprint density at radius 1 is 1.41 bits per heavy atom. The van der Waals surface area contributed by atoms with Gasteiger partial charge in [0.25, 0.3) is 0 Å². The van der Waals surface area contributed by atoms with Crippen molar-refractivity contribution in [2.75, 3.05) is 18.5 Å². The van der Waals surface area contributed by atoms with Crippen molar-refractivity contribution in [2.45, 2.75) is 32.1 Å². The summed E-state index contributed by atoms with van der Waals surface area (Å²) in [4.78, 5) is 17.1. The first-order chi connectivity index (χ1) is 8.16. The van der Waals surface area contributed by atoms with Crippen molar-refractivity contribution < 1.29 is 9.90 Å². The van der Waals surface area contributed by atoms with Crippen molar-refractivity contribution in [1.82, 2.24) is 4.98 Å². The van der Waals surface area contributed by atoms with E-state index in [0.29, 0.717) is 6.54 Å². The highest BCUT2D eigenvalue weighted by molar-refractivity contribution is 5.67. The number of hydrogen-bond donors (Lipinski definition) is 1. The lowest BCUT2D eigenvalue weighted by Crippen LogP contribution is -2.22.